The van der Waals surface area contributed by atoms with Crippen LogP contribution < -0.4 is 15.5 Å². The fraction of sp³-hybridized carbons (Fsp3) is 0.458. The molecule has 1 saturated heterocycles. The molecule has 2 aromatic rings. The number of ether oxygens (including phenoxy) is 1. The zero-order valence-corrected chi connectivity index (χ0v) is 19.3. The monoisotopic (exact) mass is 442 g/mol. The molecule has 1 fully saturated rings. The number of nitrogens with one attached hydrogen (secondary N) is 2. The molecule has 0 unspecified atom stereocenters. The van der Waals surface area contributed by atoms with Crippen molar-refractivity contribution in [2.24, 2.45) is 0 Å². The van der Waals surface area contributed by atoms with Gasteiger partial charge in [0.1, 0.15) is 17.2 Å². The Morgan fingerprint density at radius 1 is 1.25 bits per heavy atom. The van der Waals surface area contributed by atoms with Crippen LogP contribution in [0.5, 0.6) is 0 Å². The zero-order chi connectivity index (χ0) is 23.5. The van der Waals surface area contributed by atoms with Gasteiger partial charge in [-0.05, 0) is 63.8 Å². The molecule has 32 heavy (non-hydrogen) atoms. The summed E-state index contributed by atoms with van der Waals surface area (Å²) in [5.41, 5.74) is 2.77. The third-order valence-corrected chi connectivity index (χ3v) is 5.33. The maximum atomic E-state index is 14.1. The molecule has 2 heterocycles. The van der Waals surface area contributed by atoms with Crippen molar-refractivity contribution in [1.29, 1.82) is 0 Å². The average Bonchev–Trinajstić information content (AvgIpc) is 2.71. The first-order valence-electron chi connectivity index (χ1n) is 10.8. The van der Waals surface area contributed by atoms with E-state index < -0.39 is 11.7 Å². The van der Waals surface area contributed by atoms with E-state index >= 15 is 0 Å². The topological polar surface area (TPSA) is 83.6 Å². The molecule has 0 bridgehead atoms. The third-order valence-electron chi connectivity index (χ3n) is 5.33. The Morgan fingerprint density at radius 2 is 1.94 bits per heavy atom. The molecule has 172 valence electrons. The van der Waals surface area contributed by atoms with Crippen LogP contribution in [0.3, 0.4) is 0 Å². The predicted octanol–water partition coefficient (Wildman–Crippen LogP) is 4.54. The highest BCUT2D eigenvalue weighted by Crippen LogP contribution is 2.37. The van der Waals surface area contributed by atoms with Crippen LogP contribution in [0.2, 0.25) is 0 Å². The van der Waals surface area contributed by atoms with E-state index in [0.29, 0.717) is 48.4 Å². The number of carbonyl (C=O) groups excluding carboxylic acids is 2. The Balaban J connectivity index is 1.88. The van der Waals surface area contributed by atoms with Gasteiger partial charge in [-0.25, -0.2) is 14.2 Å². The lowest BCUT2D eigenvalue weighted by Gasteiger charge is -2.36. The number of benzene rings is 1. The van der Waals surface area contributed by atoms with Crippen LogP contribution in [-0.2, 0) is 4.74 Å². The number of amides is 1. The predicted molar refractivity (Wildman–Crippen MR) is 124 cm³/mol. The fourth-order valence-corrected chi connectivity index (χ4v) is 3.99. The smallest absolute Gasteiger partial charge is 0.407 e. The fourth-order valence-electron chi connectivity index (χ4n) is 3.99. The van der Waals surface area contributed by atoms with Crippen molar-refractivity contribution >= 4 is 23.9 Å². The van der Waals surface area contributed by atoms with E-state index in [1.54, 1.807) is 13.2 Å². The molecule has 1 aromatic carbocycles. The van der Waals surface area contributed by atoms with E-state index in [9.17, 15) is 14.0 Å². The number of carbonyl (C=O) groups is 2. The molecule has 2 N–H and O–H groups in total. The van der Waals surface area contributed by atoms with Crippen molar-refractivity contribution in [2.45, 2.75) is 52.2 Å². The van der Waals surface area contributed by atoms with Gasteiger partial charge in [0, 0.05) is 37.9 Å². The van der Waals surface area contributed by atoms with Gasteiger partial charge in [-0.2, -0.15) is 0 Å². The molecule has 3 rings (SSSR count). The second-order valence-electron chi connectivity index (χ2n) is 9.08. The number of aromatic nitrogens is 1. The number of rotatable bonds is 5. The molecular weight excluding hydrogens is 411 g/mol. The first-order chi connectivity index (χ1) is 15.1. The first-order valence-corrected chi connectivity index (χ1v) is 10.8. The van der Waals surface area contributed by atoms with E-state index in [2.05, 4.69) is 20.5 Å². The lowest BCUT2D eigenvalue weighted by molar-refractivity contribution is 0.0497. The summed E-state index contributed by atoms with van der Waals surface area (Å²) in [6.07, 6.45) is 3.41. The molecule has 0 radical (unpaired) electrons. The molecule has 1 aliphatic rings. The van der Waals surface area contributed by atoms with Crippen molar-refractivity contribution in [2.75, 3.05) is 30.4 Å². The molecule has 1 aromatic heterocycles. The molecule has 1 aliphatic heterocycles. The minimum Gasteiger partial charge on any atom is -0.444 e. The van der Waals surface area contributed by atoms with Gasteiger partial charge in [-0.1, -0.05) is 6.07 Å². The summed E-state index contributed by atoms with van der Waals surface area (Å²) in [5.74, 6) is 0.137. The Hall–Kier alpha value is -3.16. The van der Waals surface area contributed by atoms with Crippen LogP contribution in [0.25, 0.3) is 11.1 Å². The molecular formula is C24H31FN4O3. The van der Waals surface area contributed by atoms with Crippen molar-refractivity contribution in [3.8, 4) is 11.1 Å². The molecule has 1 amide bonds. The highest BCUT2D eigenvalue weighted by Gasteiger charge is 2.27. The number of nitrogens with zero attached hydrogens (tertiary/aromatic N) is 2. The maximum absolute atomic E-state index is 14.1. The summed E-state index contributed by atoms with van der Waals surface area (Å²) < 4.78 is 19.5. The summed E-state index contributed by atoms with van der Waals surface area (Å²) in [7, 11) is 1.71. The van der Waals surface area contributed by atoms with E-state index in [1.165, 1.54) is 12.1 Å². The maximum Gasteiger partial charge on any atom is 0.407 e. The minimum atomic E-state index is -0.553. The first kappa shape index (κ1) is 23.5. The SMILES string of the molecule is CNc1ncc(-c2cc(C)cc(F)c2)c(N2CCC(NC(=O)OC(C)(C)C)CC2)c1C=O. The number of halogens is 1. The second-order valence-corrected chi connectivity index (χ2v) is 9.08. The standard InChI is InChI=1S/C24H31FN4O3/c1-15-10-16(12-17(25)11-15)19-13-27-22(26-5)20(14-30)21(19)29-8-6-18(7-9-29)28-23(31)32-24(2,3)4/h10-14,18H,6-9H2,1-5H3,(H,26,27)(H,28,31). The number of hydrogen-bond acceptors (Lipinski definition) is 6. The Kier molecular flexibility index (Phi) is 7.01. The number of aldehydes is 1. The van der Waals surface area contributed by atoms with Gasteiger partial charge >= 0.3 is 6.09 Å². The van der Waals surface area contributed by atoms with E-state index in [0.717, 1.165) is 17.5 Å². The average molecular weight is 443 g/mol. The summed E-state index contributed by atoms with van der Waals surface area (Å²) in [4.78, 5) is 30.7. The van der Waals surface area contributed by atoms with E-state index in [1.807, 2.05) is 33.8 Å². The van der Waals surface area contributed by atoms with Gasteiger partial charge in [-0.3, -0.25) is 4.79 Å². The van der Waals surface area contributed by atoms with Gasteiger partial charge in [-0.15, -0.1) is 0 Å². The van der Waals surface area contributed by atoms with Gasteiger partial charge in [0.15, 0.2) is 6.29 Å². The highest BCUT2D eigenvalue weighted by atomic mass is 19.1. The number of hydrogen-bond donors (Lipinski definition) is 2. The van der Waals surface area contributed by atoms with E-state index in [-0.39, 0.29) is 11.9 Å². The van der Waals surface area contributed by atoms with Gasteiger partial charge < -0.3 is 20.3 Å². The number of aryl methyl sites for hydroxylation is 1. The van der Waals surface area contributed by atoms with E-state index in [4.69, 9.17) is 4.74 Å². The van der Waals surface area contributed by atoms with Crippen molar-refractivity contribution in [3.63, 3.8) is 0 Å². The quantitative estimate of drug-likeness (QED) is 0.662. The second kappa shape index (κ2) is 9.54. The van der Waals surface area contributed by atoms with Crippen LogP contribution in [-0.4, -0.2) is 49.1 Å². The Labute approximate surface area is 188 Å². The van der Waals surface area contributed by atoms with Crippen molar-refractivity contribution < 1.29 is 18.7 Å². The molecule has 0 atom stereocenters. The van der Waals surface area contributed by atoms with Gasteiger partial charge in [0.25, 0.3) is 0 Å². The summed E-state index contributed by atoms with van der Waals surface area (Å²) in [5, 5.41) is 5.90. The zero-order valence-electron chi connectivity index (χ0n) is 19.3. The third kappa shape index (κ3) is 5.55. The van der Waals surface area contributed by atoms with Crippen molar-refractivity contribution in [3.05, 3.63) is 41.3 Å². The van der Waals surface area contributed by atoms with Gasteiger partial charge in [0.05, 0.1) is 11.3 Å². The summed E-state index contributed by atoms with van der Waals surface area (Å²) in [6, 6.07) is 4.78. The minimum absolute atomic E-state index is 0.0220. The van der Waals surface area contributed by atoms with Crippen LogP contribution in [0.4, 0.5) is 20.7 Å². The lowest BCUT2D eigenvalue weighted by Crippen LogP contribution is -2.46. The van der Waals surface area contributed by atoms with Gasteiger partial charge in [0.2, 0.25) is 0 Å². The number of anilines is 2. The summed E-state index contributed by atoms with van der Waals surface area (Å²) >= 11 is 0. The Bertz CT molecular complexity index is 975. The number of piperidine rings is 1. The molecule has 8 heteroatoms. The van der Waals surface area contributed by atoms with Crippen LogP contribution in [0.1, 0.15) is 49.5 Å². The van der Waals surface area contributed by atoms with Crippen molar-refractivity contribution in [1.82, 2.24) is 10.3 Å². The summed E-state index contributed by atoms with van der Waals surface area (Å²) in [6.45, 7) is 8.55. The van der Waals surface area contributed by atoms with Crippen LogP contribution in [0.15, 0.2) is 24.4 Å². The highest BCUT2D eigenvalue weighted by molar-refractivity contribution is 5.97. The largest absolute Gasteiger partial charge is 0.444 e. The normalized spacial score (nSPS) is 14.8. The number of pyridine rings is 1. The molecule has 0 spiro atoms. The molecule has 0 aliphatic carbocycles. The van der Waals surface area contributed by atoms with Crippen LogP contribution in [0, 0.1) is 12.7 Å². The lowest BCUT2D eigenvalue weighted by atomic mass is 9.97. The number of alkyl carbamates (subject to hydrolysis) is 1. The van der Waals surface area contributed by atoms with Crippen LogP contribution >= 0.6 is 0 Å². The Morgan fingerprint density at radius 3 is 2.50 bits per heavy atom. The molecule has 7 nitrogen and oxygen atoms in total. The molecule has 0 saturated carbocycles.